The Balaban J connectivity index is 1.64. The average molecular weight is 413 g/mol. The van der Waals surface area contributed by atoms with Crippen LogP contribution in [0.4, 0.5) is 0 Å². The van der Waals surface area contributed by atoms with Gasteiger partial charge in [0, 0.05) is 19.7 Å². The Kier molecular flexibility index (Phi) is 6.72. The van der Waals surface area contributed by atoms with Crippen molar-refractivity contribution < 1.29 is 18.8 Å². The molecule has 6 nitrogen and oxygen atoms in total. The molecule has 7 heteroatoms. The van der Waals surface area contributed by atoms with Gasteiger partial charge in [-0.2, -0.15) is 11.3 Å². The van der Waals surface area contributed by atoms with E-state index in [4.69, 9.17) is 14.0 Å². The van der Waals surface area contributed by atoms with Gasteiger partial charge in [-0.15, -0.1) is 0 Å². The maximum absolute atomic E-state index is 12.3. The van der Waals surface area contributed by atoms with Gasteiger partial charge < -0.3 is 18.9 Å². The van der Waals surface area contributed by atoms with Crippen LogP contribution in [0, 0.1) is 13.8 Å². The molecule has 1 aromatic carbocycles. The van der Waals surface area contributed by atoms with Gasteiger partial charge in [-0.25, -0.2) is 0 Å². The number of benzene rings is 1. The van der Waals surface area contributed by atoms with Gasteiger partial charge in [0.2, 0.25) is 5.91 Å². The van der Waals surface area contributed by atoms with Crippen LogP contribution in [-0.2, 0) is 17.9 Å². The number of aryl methyl sites for hydroxylation is 2. The van der Waals surface area contributed by atoms with Gasteiger partial charge in [0.15, 0.2) is 11.5 Å². The Bertz CT molecular complexity index is 973. The Morgan fingerprint density at radius 3 is 2.76 bits per heavy atom. The number of ether oxygens (including phenoxy) is 2. The second-order valence-corrected chi connectivity index (χ2v) is 7.44. The third kappa shape index (κ3) is 5.26. The molecule has 152 valence electrons. The fraction of sp³-hybridized carbons (Fsp3) is 0.273. The van der Waals surface area contributed by atoms with E-state index in [-0.39, 0.29) is 5.91 Å². The van der Waals surface area contributed by atoms with Gasteiger partial charge in [0.25, 0.3) is 0 Å². The number of carbonyl (C=O) groups excluding carboxylic acids is 1. The van der Waals surface area contributed by atoms with E-state index in [1.807, 2.05) is 48.9 Å². The van der Waals surface area contributed by atoms with E-state index in [1.165, 1.54) is 0 Å². The minimum absolute atomic E-state index is 0.0612. The number of rotatable bonds is 8. The van der Waals surface area contributed by atoms with Crippen molar-refractivity contribution in [3.05, 3.63) is 69.2 Å². The molecule has 0 unspecified atom stereocenters. The highest BCUT2D eigenvalue weighted by molar-refractivity contribution is 7.07. The van der Waals surface area contributed by atoms with E-state index >= 15 is 0 Å². The smallest absolute Gasteiger partial charge is 0.246 e. The van der Waals surface area contributed by atoms with Crippen molar-refractivity contribution in [2.75, 3.05) is 14.2 Å². The van der Waals surface area contributed by atoms with E-state index in [2.05, 4.69) is 5.16 Å². The quantitative estimate of drug-likeness (QED) is 0.506. The number of hydrogen-bond acceptors (Lipinski definition) is 6. The number of likely N-dealkylation sites (N-methyl/N-ethyl adjacent to an activating group) is 1. The Morgan fingerprint density at radius 2 is 2.10 bits per heavy atom. The first-order valence-electron chi connectivity index (χ1n) is 9.14. The fourth-order valence-electron chi connectivity index (χ4n) is 2.79. The van der Waals surface area contributed by atoms with Crippen molar-refractivity contribution in [2.45, 2.75) is 27.0 Å². The van der Waals surface area contributed by atoms with Crippen LogP contribution in [0.1, 0.15) is 28.1 Å². The number of carbonyl (C=O) groups is 1. The maximum Gasteiger partial charge on any atom is 0.246 e. The molecule has 0 N–H and O–H groups in total. The molecule has 2 aromatic heterocycles. The van der Waals surface area contributed by atoms with E-state index in [0.717, 1.165) is 28.1 Å². The molecular weight excluding hydrogens is 388 g/mol. The minimum atomic E-state index is -0.0612. The molecule has 0 aliphatic rings. The van der Waals surface area contributed by atoms with Crippen molar-refractivity contribution in [1.82, 2.24) is 10.1 Å². The normalized spacial score (nSPS) is 11.0. The van der Waals surface area contributed by atoms with Gasteiger partial charge in [-0.3, -0.25) is 4.79 Å². The highest BCUT2D eigenvalue weighted by atomic mass is 32.1. The topological polar surface area (TPSA) is 64.8 Å². The zero-order chi connectivity index (χ0) is 20.8. The molecule has 0 fully saturated rings. The summed E-state index contributed by atoms with van der Waals surface area (Å²) in [5, 5.41) is 7.98. The van der Waals surface area contributed by atoms with Crippen molar-refractivity contribution in [3.63, 3.8) is 0 Å². The highest BCUT2D eigenvalue weighted by Crippen LogP contribution is 2.30. The van der Waals surface area contributed by atoms with Crippen molar-refractivity contribution in [2.24, 2.45) is 0 Å². The molecule has 0 spiro atoms. The summed E-state index contributed by atoms with van der Waals surface area (Å²) < 4.78 is 16.5. The summed E-state index contributed by atoms with van der Waals surface area (Å²) in [5.74, 6) is 1.89. The minimum Gasteiger partial charge on any atom is -0.493 e. The largest absolute Gasteiger partial charge is 0.493 e. The van der Waals surface area contributed by atoms with Crippen molar-refractivity contribution in [1.29, 1.82) is 0 Å². The maximum atomic E-state index is 12.3. The zero-order valence-corrected chi connectivity index (χ0v) is 17.8. The van der Waals surface area contributed by atoms with Crippen LogP contribution >= 0.6 is 11.3 Å². The third-order valence-electron chi connectivity index (χ3n) is 4.54. The number of thiophene rings is 1. The first kappa shape index (κ1) is 20.7. The Morgan fingerprint density at radius 1 is 1.28 bits per heavy atom. The number of hydrogen-bond donors (Lipinski definition) is 0. The number of aromatic nitrogens is 1. The molecule has 0 bridgehead atoms. The van der Waals surface area contributed by atoms with E-state index in [0.29, 0.717) is 24.7 Å². The van der Waals surface area contributed by atoms with Crippen LogP contribution in [0.2, 0.25) is 0 Å². The number of amides is 1. The number of nitrogens with zero attached hydrogens (tertiary/aromatic N) is 2. The lowest BCUT2D eigenvalue weighted by Crippen LogP contribution is -2.23. The molecule has 0 atom stereocenters. The second-order valence-electron chi connectivity index (χ2n) is 6.66. The van der Waals surface area contributed by atoms with Crippen LogP contribution in [0.3, 0.4) is 0 Å². The fourth-order valence-corrected chi connectivity index (χ4v) is 3.45. The molecule has 0 aliphatic carbocycles. The van der Waals surface area contributed by atoms with Crippen molar-refractivity contribution in [3.8, 4) is 11.5 Å². The summed E-state index contributed by atoms with van der Waals surface area (Å²) in [5.41, 5.74) is 3.71. The molecule has 29 heavy (non-hydrogen) atoms. The summed E-state index contributed by atoms with van der Waals surface area (Å²) >= 11 is 1.62. The first-order valence-corrected chi connectivity index (χ1v) is 10.1. The molecular formula is C22H24N2O4S. The predicted octanol–water partition coefficient (Wildman–Crippen LogP) is 4.61. The van der Waals surface area contributed by atoms with Gasteiger partial charge in [-0.1, -0.05) is 11.2 Å². The van der Waals surface area contributed by atoms with Gasteiger partial charge in [0.1, 0.15) is 12.4 Å². The summed E-state index contributed by atoms with van der Waals surface area (Å²) in [6.07, 6.45) is 3.33. The lowest BCUT2D eigenvalue weighted by atomic mass is 10.1. The Hall–Kier alpha value is -3.06. The van der Waals surface area contributed by atoms with Gasteiger partial charge >= 0.3 is 0 Å². The summed E-state index contributed by atoms with van der Waals surface area (Å²) in [6, 6.07) is 7.57. The third-order valence-corrected chi connectivity index (χ3v) is 5.27. The molecule has 3 aromatic rings. The van der Waals surface area contributed by atoms with Gasteiger partial charge in [0.05, 0.1) is 18.4 Å². The van der Waals surface area contributed by atoms with E-state index < -0.39 is 0 Å². The molecule has 2 heterocycles. The molecule has 0 radical (unpaired) electrons. The summed E-state index contributed by atoms with van der Waals surface area (Å²) in [6.45, 7) is 4.67. The van der Waals surface area contributed by atoms with Crippen LogP contribution < -0.4 is 9.47 Å². The van der Waals surface area contributed by atoms with Gasteiger partial charge in [-0.05, 0) is 60.0 Å². The molecule has 0 aliphatic heterocycles. The Labute approximate surface area is 174 Å². The molecule has 0 saturated carbocycles. The SMILES string of the molecule is COc1cc(/C=C/C(=O)N(C)Cc2ccsc2)ccc1OCc1c(C)noc1C. The molecule has 0 saturated heterocycles. The van der Waals surface area contributed by atoms with E-state index in [1.54, 1.807) is 42.5 Å². The number of methoxy groups -OCH3 is 1. The highest BCUT2D eigenvalue weighted by Gasteiger charge is 2.12. The van der Waals surface area contributed by atoms with Crippen LogP contribution in [0.15, 0.2) is 45.6 Å². The summed E-state index contributed by atoms with van der Waals surface area (Å²) in [4.78, 5) is 14.0. The average Bonchev–Trinajstić information content (AvgIpc) is 3.34. The van der Waals surface area contributed by atoms with Crippen LogP contribution in [0.25, 0.3) is 6.08 Å². The monoisotopic (exact) mass is 412 g/mol. The van der Waals surface area contributed by atoms with Crippen LogP contribution in [-0.4, -0.2) is 30.1 Å². The van der Waals surface area contributed by atoms with Crippen LogP contribution in [0.5, 0.6) is 11.5 Å². The zero-order valence-electron chi connectivity index (χ0n) is 17.0. The summed E-state index contributed by atoms with van der Waals surface area (Å²) in [7, 11) is 3.38. The second kappa shape index (κ2) is 9.43. The lowest BCUT2D eigenvalue weighted by Gasteiger charge is -2.14. The molecule has 1 amide bonds. The predicted molar refractivity (Wildman–Crippen MR) is 113 cm³/mol. The van der Waals surface area contributed by atoms with E-state index in [9.17, 15) is 4.79 Å². The molecule has 3 rings (SSSR count). The lowest BCUT2D eigenvalue weighted by molar-refractivity contribution is -0.125. The standard InChI is InChI=1S/C22H24N2O4S/c1-15-19(16(2)28-23-15)13-27-20-7-5-17(11-21(20)26-4)6-8-22(25)24(3)12-18-9-10-29-14-18/h5-11,14H,12-13H2,1-4H3/b8-6+. The van der Waals surface area contributed by atoms with Crippen molar-refractivity contribution >= 4 is 23.3 Å². The first-order chi connectivity index (χ1) is 14.0.